The van der Waals surface area contributed by atoms with E-state index in [4.69, 9.17) is 9.15 Å². The zero-order chi connectivity index (χ0) is 18.5. The third-order valence-electron chi connectivity index (χ3n) is 4.46. The SMILES string of the molecule is Cc1ccc(C(CNC(=O)Nc2ccc(C)c(Br)c2)N2CCOCC2)o1. The number of carbonyl (C=O) groups is 1. The second-order valence-corrected chi connectivity index (χ2v) is 7.27. The smallest absolute Gasteiger partial charge is 0.319 e. The van der Waals surface area contributed by atoms with Crippen LogP contribution in [0.15, 0.2) is 39.2 Å². The number of amides is 2. The average molecular weight is 422 g/mol. The van der Waals surface area contributed by atoms with E-state index in [0.717, 1.165) is 40.3 Å². The summed E-state index contributed by atoms with van der Waals surface area (Å²) in [5.41, 5.74) is 1.87. The van der Waals surface area contributed by atoms with Gasteiger partial charge in [-0.1, -0.05) is 22.0 Å². The van der Waals surface area contributed by atoms with E-state index in [9.17, 15) is 4.79 Å². The van der Waals surface area contributed by atoms with Gasteiger partial charge in [-0.05, 0) is 43.7 Å². The van der Waals surface area contributed by atoms with Crippen molar-refractivity contribution in [1.29, 1.82) is 0 Å². The molecule has 6 nitrogen and oxygen atoms in total. The van der Waals surface area contributed by atoms with Crippen LogP contribution >= 0.6 is 15.9 Å². The van der Waals surface area contributed by atoms with Crippen LogP contribution in [0.2, 0.25) is 0 Å². The maximum atomic E-state index is 12.3. The van der Waals surface area contributed by atoms with E-state index in [-0.39, 0.29) is 12.1 Å². The van der Waals surface area contributed by atoms with Gasteiger partial charge in [-0.15, -0.1) is 0 Å². The van der Waals surface area contributed by atoms with Gasteiger partial charge in [-0.2, -0.15) is 0 Å². The van der Waals surface area contributed by atoms with E-state index in [2.05, 4.69) is 31.5 Å². The van der Waals surface area contributed by atoms with Gasteiger partial charge >= 0.3 is 6.03 Å². The monoisotopic (exact) mass is 421 g/mol. The summed E-state index contributed by atoms with van der Waals surface area (Å²) in [5.74, 6) is 1.73. The van der Waals surface area contributed by atoms with Crippen molar-refractivity contribution in [3.05, 3.63) is 51.9 Å². The number of morpholine rings is 1. The molecule has 0 bridgehead atoms. The van der Waals surface area contributed by atoms with E-state index < -0.39 is 0 Å². The van der Waals surface area contributed by atoms with E-state index in [1.807, 2.05) is 44.2 Å². The molecule has 1 unspecified atom stereocenters. The lowest BCUT2D eigenvalue weighted by Gasteiger charge is -2.33. The van der Waals surface area contributed by atoms with Gasteiger partial charge in [-0.25, -0.2) is 4.79 Å². The lowest BCUT2D eigenvalue weighted by molar-refractivity contribution is 0.0122. The number of urea groups is 1. The predicted molar refractivity (Wildman–Crippen MR) is 104 cm³/mol. The molecule has 3 rings (SSSR count). The topological polar surface area (TPSA) is 66.7 Å². The van der Waals surface area contributed by atoms with Crippen molar-refractivity contribution in [2.75, 3.05) is 38.2 Å². The first-order valence-corrected chi connectivity index (χ1v) is 9.51. The Morgan fingerprint density at radius 3 is 2.65 bits per heavy atom. The Balaban J connectivity index is 1.62. The quantitative estimate of drug-likeness (QED) is 0.768. The molecule has 1 aromatic heterocycles. The summed E-state index contributed by atoms with van der Waals surface area (Å²) in [5, 5.41) is 5.83. The fourth-order valence-corrected chi connectivity index (χ4v) is 3.35. The van der Waals surface area contributed by atoms with Crippen molar-refractivity contribution in [2.45, 2.75) is 19.9 Å². The van der Waals surface area contributed by atoms with E-state index in [1.54, 1.807) is 0 Å². The van der Waals surface area contributed by atoms with Crippen molar-refractivity contribution in [2.24, 2.45) is 0 Å². The molecule has 2 heterocycles. The Kier molecular flexibility index (Phi) is 6.34. The summed E-state index contributed by atoms with van der Waals surface area (Å²) in [6.07, 6.45) is 0. The number of hydrogen-bond donors (Lipinski definition) is 2. The number of benzene rings is 1. The predicted octanol–water partition coefficient (Wildman–Crippen LogP) is 3.85. The highest BCUT2D eigenvalue weighted by atomic mass is 79.9. The minimum atomic E-state index is -0.234. The second kappa shape index (κ2) is 8.70. The highest BCUT2D eigenvalue weighted by molar-refractivity contribution is 9.10. The molecule has 26 heavy (non-hydrogen) atoms. The second-order valence-electron chi connectivity index (χ2n) is 6.41. The van der Waals surface area contributed by atoms with Gasteiger partial charge < -0.3 is 19.8 Å². The van der Waals surface area contributed by atoms with Crippen molar-refractivity contribution in [3.63, 3.8) is 0 Å². The highest BCUT2D eigenvalue weighted by Gasteiger charge is 2.25. The van der Waals surface area contributed by atoms with Gasteiger partial charge in [0.15, 0.2) is 0 Å². The van der Waals surface area contributed by atoms with Crippen molar-refractivity contribution in [3.8, 4) is 0 Å². The summed E-state index contributed by atoms with van der Waals surface area (Å²) in [6.45, 7) is 7.42. The molecule has 0 radical (unpaired) electrons. The molecule has 2 aromatic rings. The fourth-order valence-electron chi connectivity index (χ4n) is 2.97. The molecule has 1 aromatic carbocycles. The molecule has 7 heteroatoms. The lowest BCUT2D eigenvalue weighted by atomic mass is 10.1. The standard InChI is InChI=1S/C19H24BrN3O3/c1-13-3-5-15(11-16(13)20)22-19(24)21-12-17(18-6-4-14(2)26-18)23-7-9-25-10-8-23/h3-6,11,17H,7-10,12H2,1-2H3,(H2,21,22,24). The van der Waals surface area contributed by atoms with Gasteiger partial charge in [0.05, 0.1) is 19.3 Å². The summed E-state index contributed by atoms with van der Waals surface area (Å²) >= 11 is 3.48. The summed E-state index contributed by atoms with van der Waals surface area (Å²) in [4.78, 5) is 14.6. The molecule has 2 amide bonds. The Morgan fingerprint density at radius 1 is 1.23 bits per heavy atom. The largest absolute Gasteiger partial charge is 0.465 e. The van der Waals surface area contributed by atoms with Gasteiger partial charge in [0, 0.05) is 29.8 Å². The fraction of sp³-hybridized carbons (Fsp3) is 0.421. The highest BCUT2D eigenvalue weighted by Crippen LogP contribution is 2.24. The minimum absolute atomic E-state index is 0.0110. The Morgan fingerprint density at radius 2 is 2.00 bits per heavy atom. The molecular formula is C19H24BrN3O3. The number of nitrogens with one attached hydrogen (secondary N) is 2. The summed E-state index contributed by atoms with van der Waals surface area (Å²) in [7, 11) is 0. The van der Waals surface area contributed by atoms with Crippen molar-refractivity contribution < 1.29 is 13.9 Å². The first-order chi connectivity index (χ1) is 12.5. The third kappa shape index (κ3) is 4.87. The molecule has 0 saturated carbocycles. The number of hydrogen-bond acceptors (Lipinski definition) is 4. The van der Waals surface area contributed by atoms with Crippen LogP contribution in [0.5, 0.6) is 0 Å². The van der Waals surface area contributed by atoms with E-state index >= 15 is 0 Å². The Bertz CT molecular complexity index is 756. The number of furan rings is 1. The summed E-state index contributed by atoms with van der Waals surface area (Å²) in [6, 6.07) is 9.42. The first kappa shape index (κ1) is 18.9. The number of anilines is 1. The zero-order valence-electron chi connectivity index (χ0n) is 15.0. The maximum Gasteiger partial charge on any atom is 0.319 e. The van der Waals surface area contributed by atoms with Crippen LogP contribution in [0, 0.1) is 13.8 Å². The Labute approximate surface area is 162 Å². The van der Waals surface area contributed by atoms with Crippen LogP contribution < -0.4 is 10.6 Å². The van der Waals surface area contributed by atoms with Crippen molar-refractivity contribution in [1.82, 2.24) is 10.2 Å². The number of halogens is 1. The van der Waals surface area contributed by atoms with Gasteiger partial charge in [0.2, 0.25) is 0 Å². The van der Waals surface area contributed by atoms with Crippen molar-refractivity contribution >= 4 is 27.6 Å². The normalized spacial score (nSPS) is 16.3. The molecule has 2 N–H and O–H groups in total. The number of rotatable bonds is 5. The maximum absolute atomic E-state index is 12.3. The van der Waals surface area contributed by atoms with Crippen LogP contribution in [0.25, 0.3) is 0 Å². The van der Waals surface area contributed by atoms with Gasteiger partial charge in [0.1, 0.15) is 11.5 Å². The zero-order valence-corrected chi connectivity index (χ0v) is 16.6. The summed E-state index contributed by atoms with van der Waals surface area (Å²) < 4.78 is 12.2. The third-order valence-corrected chi connectivity index (χ3v) is 5.32. The van der Waals surface area contributed by atoms with Crippen LogP contribution in [0.1, 0.15) is 23.1 Å². The first-order valence-electron chi connectivity index (χ1n) is 8.72. The lowest BCUT2D eigenvalue weighted by Crippen LogP contribution is -2.44. The van der Waals surface area contributed by atoms with Crippen LogP contribution in [-0.4, -0.2) is 43.8 Å². The molecule has 1 aliphatic heterocycles. The molecule has 1 saturated heterocycles. The molecule has 140 valence electrons. The minimum Gasteiger partial charge on any atom is -0.465 e. The van der Waals surface area contributed by atoms with Gasteiger partial charge in [0.25, 0.3) is 0 Å². The molecule has 1 fully saturated rings. The van der Waals surface area contributed by atoms with Crippen LogP contribution in [0.3, 0.4) is 0 Å². The molecule has 1 aliphatic rings. The van der Waals surface area contributed by atoms with Crippen LogP contribution in [-0.2, 0) is 4.74 Å². The molecule has 0 spiro atoms. The van der Waals surface area contributed by atoms with E-state index in [1.165, 1.54) is 0 Å². The number of aryl methyl sites for hydroxylation is 2. The Hall–Kier alpha value is -1.83. The number of carbonyl (C=O) groups excluding carboxylic acids is 1. The van der Waals surface area contributed by atoms with Crippen LogP contribution in [0.4, 0.5) is 10.5 Å². The average Bonchev–Trinajstić information content (AvgIpc) is 3.05. The number of nitrogens with zero attached hydrogens (tertiary/aromatic N) is 1. The molecule has 0 aliphatic carbocycles. The number of ether oxygens (including phenoxy) is 1. The van der Waals surface area contributed by atoms with Gasteiger partial charge in [-0.3, -0.25) is 4.90 Å². The van der Waals surface area contributed by atoms with E-state index in [0.29, 0.717) is 19.8 Å². The molecular weight excluding hydrogens is 398 g/mol. The molecule has 1 atom stereocenters.